The minimum Gasteiger partial charge on any atom is -0.494 e. The van der Waals surface area contributed by atoms with E-state index in [9.17, 15) is 9.59 Å². The summed E-state index contributed by atoms with van der Waals surface area (Å²) in [5.74, 6) is 1.62. The Morgan fingerprint density at radius 2 is 2.00 bits per heavy atom. The molecule has 0 aliphatic carbocycles. The molecule has 5 heteroatoms. The Labute approximate surface area is 118 Å². The van der Waals surface area contributed by atoms with Crippen LogP contribution in [0.15, 0.2) is 24.3 Å². The third-order valence-electron chi connectivity index (χ3n) is 2.55. The number of carboxylic acids is 1. The molecule has 1 aromatic rings. The topological polar surface area (TPSA) is 66.8 Å². The highest BCUT2D eigenvalue weighted by Crippen LogP contribution is 2.13. The van der Waals surface area contributed by atoms with Crippen molar-refractivity contribution in [3.8, 4) is 18.1 Å². The zero-order valence-electron chi connectivity index (χ0n) is 11.3. The lowest BCUT2D eigenvalue weighted by molar-refractivity contribution is -0.143. The van der Waals surface area contributed by atoms with Gasteiger partial charge in [-0.25, -0.2) is 0 Å². The summed E-state index contributed by atoms with van der Waals surface area (Å²) in [6, 6.07) is 7.10. The Bertz CT molecular complexity index is 502. The molecule has 1 amide bonds. The molecule has 106 valence electrons. The van der Waals surface area contributed by atoms with Crippen LogP contribution < -0.4 is 4.74 Å². The number of hydrogen-bond acceptors (Lipinski definition) is 3. The van der Waals surface area contributed by atoms with Crippen molar-refractivity contribution in [1.82, 2.24) is 4.90 Å². The molecule has 0 aliphatic heterocycles. The van der Waals surface area contributed by atoms with Crippen LogP contribution in [0.3, 0.4) is 0 Å². The van der Waals surface area contributed by atoms with Crippen molar-refractivity contribution in [1.29, 1.82) is 0 Å². The quantitative estimate of drug-likeness (QED) is 0.759. The number of ether oxygens (including phenoxy) is 1. The molecule has 0 saturated carbocycles. The molecule has 5 nitrogen and oxygen atoms in total. The minimum atomic E-state index is -1.08. The van der Waals surface area contributed by atoms with Crippen molar-refractivity contribution in [2.45, 2.75) is 13.3 Å². The summed E-state index contributed by atoms with van der Waals surface area (Å²) in [6.45, 7) is 2.07. The highest BCUT2D eigenvalue weighted by molar-refractivity contribution is 5.83. The van der Waals surface area contributed by atoms with Crippen molar-refractivity contribution in [3.05, 3.63) is 29.8 Å². The normalized spacial score (nSPS) is 9.60. The first kappa shape index (κ1) is 15.6. The van der Waals surface area contributed by atoms with Gasteiger partial charge in [0.15, 0.2) is 0 Å². The number of carboxylic acid groups (broad SMARTS) is 1. The molecular formula is C15H17NO4. The molecule has 1 rings (SSSR count). The van der Waals surface area contributed by atoms with Gasteiger partial charge in [-0.05, 0) is 24.6 Å². The molecule has 0 radical (unpaired) electrons. The first-order valence-electron chi connectivity index (χ1n) is 6.21. The second-order valence-corrected chi connectivity index (χ2v) is 4.10. The summed E-state index contributed by atoms with van der Waals surface area (Å²) in [4.78, 5) is 23.8. The fraction of sp³-hybridized carbons (Fsp3) is 0.333. The number of carbonyl (C=O) groups excluding carboxylic acids is 1. The number of amides is 1. The van der Waals surface area contributed by atoms with E-state index >= 15 is 0 Å². The van der Waals surface area contributed by atoms with Gasteiger partial charge in [0.1, 0.15) is 12.3 Å². The zero-order valence-corrected chi connectivity index (χ0v) is 11.3. The standard InChI is InChI=1S/C15H17NO4/c1-3-9-16(11-15(18)19)14(17)10-12-5-7-13(8-6-12)20-4-2/h1,5-8H,4,9-11H2,2H3,(H,18,19). The first-order chi connectivity index (χ1) is 9.56. The van der Waals surface area contributed by atoms with Crippen molar-refractivity contribution in [2.75, 3.05) is 19.7 Å². The second-order valence-electron chi connectivity index (χ2n) is 4.10. The highest BCUT2D eigenvalue weighted by Gasteiger charge is 2.16. The Balaban J connectivity index is 2.67. The number of rotatable bonds is 7. The molecule has 0 aliphatic rings. The van der Waals surface area contributed by atoms with E-state index in [-0.39, 0.29) is 25.4 Å². The summed E-state index contributed by atoms with van der Waals surface area (Å²) < 4.78 is 5.30. The van der Waals surface area contributed by atoms with Gasteiger partial charge in [0.25, 0.3) is 0 Å². The third-order valence-corrected chi connectivity index (χ3v) is 2.55. The molecule has 0 heterocycles. The predicted octanol–water partition coefficient (Wildman–Crippen LogP) is 1.17. The van der Waals surface area contributed by atoms with E-state index in [0.717, 1.165) is 16.2 Å². The number of nitrogens with zero attached hydrogens (tertiary/aromatic N) is 1. The Morgan fingerprint density at radius 1 is 1.35 bits per heavy atom. The zero-order chi connectivity index (χ0) is 15.0. The number of benzene rings is 1. The summed E-state index contributed by atoms with van der Waals surface area (Å²) in [5, 5.41) is 8.74. The molecular weight excluding hydrogens is 258 g/mol. The smallest absolute Gasteiger partial charge is 0.323 e. The summed E-state index contributed by atoms with van der Waals surface area (Å²) in [6.07, 6.45) is 5.25. The van der Waals surface area contributed by atoms with Gasteiger partial charge >= 0.3 is 5.97 Å². The Kier molecular flexibility index (Phi) is 6.11. The van der Waals surface area contributed by atoms with E-state index < -0.39 is 5.97 Å². The van der Waals surface area contributed by atoms with Crippen LogP contribution in [0.2, 0.25) is 0 Å². The van der Waals surface area contributed by atoms with E-state index in [0.29, 0.717) is 6.61 Å². The molecule has 0 unspecified atom stereocenters. The second kappa shape index (κ2) is 7.85. The molecule has 0 atom stereocenters. The fourth-order valence-electron chi connectivity index (χ4n) is 1.66. The predicted molar refractivity (Wildman–Crippen MR) is 74.4 cm³/mol. The van der Waals surface area contributed by atoms with Gasteiger partial charge in [0.05, 0.1) is 19.6 Å². The van der Waals surface area contributed by atoms with Crippen LogP contribution in [0.25, 0.3) is 0 Å². The van der Waals surface area contributed by atoms with Crippen LogP contribution in [0, 0.1) is 12.3 Å². The van der Waals surface area contributed by atoms with E-state index in [1.54, 1.807) is 24.3 Å². The van der Waals surface area contributed by atoms with Gasteiger partial charge in [-0.15, -0.1) is 6.42 Å². The van der Waals surface area contributed by atoms with E-state index in [2.05, 4.69) is 5.92 Å². The van der Waals surface area contributed by atoms with E-state index in [4.69, 9.17) is 16.3 Å². The minimum absolute atomic E-state index is 0.0117. The average molecular weight is 275 g/mol. The van der Waals surface area contributed by atoms with Gasteiger partial charge in [-0.2, -0.15) is 0 Å². The molecule has 0 spiro atoms. The first-order valence-corrected chi connectivity index (χ1v) is 6.21. The van der Waals surface area contributed by atoms with E-state index in [1.807, 2.05) is 6.92 Å². The average Bonchev–Trinajstić information content (AvgIpc) is 2.40. The maximum absolute atomic E-state index is 12.0. The summed E-state index contributed by atoms with van der Waals surface area (Å²) >= 11 is 0. The maximum atomic E-state index is 12.0. The molecule has 0 aromatic heterocycles. The lowest BCUT2D eigenvalue weighted by Gasteiger charge is -2.17. The van der Waals surface area contributed by atoms with Crippen molar-refractivity contribution < 1.29 is 19.4 Å². The third kappa shape index (κ3) is 5.02. The number of aliphatic carboxylic acids is 1. The number of carbonyl (C=O) groups is 2. The van der Waals surface area contributed by atoms with Crippen LogP contribution in [-0.4, -0.2) is 41.6 Å². The van der Waals surface area contributed by atoms with Crippen LogP contribution in [0.5, 0.6) is 5.75 Å². The monoisotopic (exact) mass is 275 g/mol. The van der Waals surface area contributed by atoms with Crippen molar-refractivity contribution >= 4 is 11.9 Å². The maximum Gasteiger partial charge on any atom is 0.323 e. The molecule has 0 bridgehead atoms. The van der Waals surface area contributed by atoms with Crippen LogP contribution >= 0.6 is 0 Å². The van der Waals surface area contributed by atoms with Gasteiger partial charge in [-0.1, -0.05) is 18.1 Å². The van der Waals surface area contributed by atoms with Crippen LogP contribution in [0.4, 0.5) is 0 Å². The molecule has 1 N–H and O–H groups in total. The fourth-order valence-corrected chi connectivity index (χ4v) is 1.66. The summed E-state index contributed by atoms with van der Waals surface area (Å²) in [7, 11) is 0. The highest BCUT2D eigenvalue weighted by atomic mass is 16.5. The lowest BCUT2D eigenvalue weighted by Crippen LogP contribution is -2.36. The van der Waals surface area contributed by atoms with Crippen molar-refractivity contribution in [2.24, 2.45) is 0 Å². The molecule has 0 saturated heterocycles. The van der Waals surface area contributed by atoms with Gasteiger partial charge in [0, 0.05) is 0 Å². The summed E-state index contributed by atoms with van der Waals surface area (Å²) in [5.41, 5.74) is 0.783. The lowest BCUT2D eigenvalue weighted by atomic mass is 10.1. The van der Waals surface area contributed by atoms with E-state index in [1.165, 1.54) is 0 Å². The molecule has 1 aromatic carbocycles. The molecule has 20 heavy (non-hydrogen) atoms. The SMILES string of the molecule is C#CCN(CC(=O)O)C(=O)Cc1ccc(OCC)cc1. The molecule has 0 fully saturated rings. The van der Waals surface area contributed by atoms with Crippen molar-refractivity contribution in [3.63, 3.8) is 0 Å². The number of terminal acetylenes is 1. The van der Waals surface area contributed by atoms with Crippen LogP contribution in [-0.2, 0) is 16.0 Å². The van der Waals surface area contributed by atoms with Gasteiger partial charge in [0.2, 0.25) is 5.91 Å². The Hall–Kier alpha value is -2.48. The van der Waals surface area contributed by atoms with Crippen LogP contribution in [0.1, 0.15) is 12.5 Å². The Morgan fingerprint density at radius 3 is 2.50 bits per heavy atom. The largest absolute Gasteiger partial charge is 0.494 e. The van der Waals surface area contributed by atoms with Gasteiger partial charge in [-0.3, -0.25) is 9.59 Å². The van der Waals surface area contributed by atoms with Gasteiger partial charge < -0.3 is 14.7 Å². The number of hydrogen-bond donors (Lipinski definition) is 1.